The molecule has 20 heavy (non-hydrogen) atoms. The summed E-state index contributed by atoms with van der Waals surface area (Å²) >= 11 is 0. The summed E-state index contributed by atoms with van der Waals surface area (Å²) in [4.78, 5) is 0. The number of nitrogens with zero attached hydrogens (tertiary/aromatic N) is 2. The van der Waals surface area contributed by atoms with E-state index in [1.165, 1.54) is 23.7 Å². The fraction of sp³-hybridized carbons (Fsp3) is 0.588. The van der Waals surface area contributed by atoms with Crippen LogP contribution in [-0.2, 0) is 13.5 Å². The molecule has 0 bridgehead atoms. The normalized spacial score (nSPS) is 30.8. The third-order valence-electron chi connectivity index (χ3n) is 5.13. The lowest BCUT2D eigenvalue weighted by Gasteiger charge is -2.42. The molecule has 1 aromatic heterocycles. The van der Waals surface area contributed by atoms with E-state index >= 15 is 0 Å². The van der Waals surface area contributed by atoms with Crippen LogP contribution in [0.25, 0.3) is 10.9 Å². The summed E-state index contributed by atoms with van der Waals surface area (Å²) in [6, 6.07) is 8.45. The number of hydrogen-bond acceptors (Lipinski definition) is 2. The molecule has 1 aliphatic rings. The third-order valence-corrected chi connectivity index (χ3v) is 5.13. The van der Waals surface area contributed by atoms with Gasteiger partial charge < -0.3 is 5.73 Å². The molecular weight excluding hydrogens is 246 g/mol. The van der Waals surface area contributed by atoms with Gasteiger partial charge in [-0.1, -0.05) is 38.5 Å². The second-order valence-electron chi connectivity index (χ2n) is 6.79. The van der Waals surface area contributed by atoms with E-state index in [1.807, 2.05) is 11.7 Å². The highest BCUT2D eigenvalue weighted by Gasteiger charge is 2.38. The van der Waals surface area contributed by atoms with Gasteiger partial charge in [0.25, 0.3) is 0 Å². The summed E-state index contributed by atoms with van der Waals surface area (Å²) in [5.41, 5.74) is 9.03. The molecular formula is C17H25N3. The first-order chi connectivity index (χ1) is 9.49. The van der Waals surface area contributed by atoms with Crippen molar-refractivity contribution in [2.24, 2.45) is 24.6 Å². The average Bonchev–Trinajstić information content (AvgIpc) is 2.72. The predicted molar refractivity (Wildman–Crippen MR) is 83.5 cm³/mol. The minimum absolute atomic E-state index is 0.102. The van der Waals surface area contributed by atoms with Gasteiger partial charge in [-0.2, -0.15) is 5.10 Å². The van der Waals surface area contributed by atoms with Crippen molar-refractivity contribution in [2.75, 3.05) is 0 Å². The molecule has 0 saturated heterocycles. The van der Waals surface area contributed by atoms with E-state index in [0.717, 1.165) is 24.5 Å². The molecule has 3 atom stereocenters. The minimum Gasteiger partial charge on any atom is -0.324 e. The number of para-hydroxylation sites is 1. The summed E-state index contributed by atoms with van der Waals surface area (Å²) in [5.74, 6) is 1.30. The van der Waals surface area contributed by atoms with Crippen molar-refractivity contribution in [3.8, 4) is 0 Å². The largest absolute Gasteiger partial charge is 0.324 e. The van der Waals surface area contributed by atoms with Crippen molar-refractivity contribution >= 4 is 10.9 Å². The lowest BCUT2D eigenvalue weighted by Crippen LogP contribution is -2.51. The highest BCUT2D eigenvalue weighted by atomic mass is 15.3. The highest BCUT2D eigenvalue weighted by molar-refractivity contribution is 5.82. The van der Waals surface area contributed by atoms with E-state index < -0.39 is 0 Å². The van der Waals surface area contributed by atoms with Gasteiger partial charge in [0.1, 0.15) is 0 Å². The highest BCUT2D eigenvalue weighted by Crippen LogP contribution is 2.38. The van der Waals surface area contributed by atoms with E-state index in [2.05, 4.69) is 38.1 Å². The third kappa shape index (κ3) is 2.24. The Morgan fingerprint density at radius 1 is 1.30 bits per heavy atom. The van der Waals surface area contributed by atoms with Crippen molar-refractivity contribution in [1.29, 1.82) is 0 Å². The molecule has 1 aliphatic carbocycles. The summed E-state index contributed by atoms with van der Waals surface area (Å²) in [5, 5.41) is 5.98. The zero-order chi connectivity index (χ0) is 14.3. The zero-order valence-electron chi connectivity index (χ0n) is 12.8. The van der Waals surface area contributed by atoms with Gasteiger partial charge in [-0.3, -0.25) is 4.68 Å². The van der Waals surface area contributed by atoms with E-state index in [0.29, 0.717) is 5.92 Å². The smallest absolute Gasteiger partial charge is 0.0721 e. The number of aromatic nitrogens is 2. The molecule has 1 fully saturated rings. The topological polar surface area (TPSA) is 43.8 Å². The Balaban J connectivity index is 1.96. The molecule has 0 radical (unpaired) electrons. The number of nitrogens with two attached hydrogens (primary N) is 1. The van der Waals surface area contributed by atoms with Crippen LogP contribution < -0.4 is 5.73 Å². The molecule has 3 rings (SSSR count). The molecule has 108 valence electrons. The molecule has 0 amide bonds. The van der Waals surface area contributed by atoms with Crippen molar-refractivity contribution in [3.63, 3.8) is 0 Å². The van der Waals surface area contributed by atoms with E-state index in [1.54, 1.807) is 0 Å². The Kier molecular flexibility index (Phi) is 3.33. The van der Waals surface area contributed by atoms with Gasteiger partial charge in [0, 0.05) is 24.4 Å². The lowest BCUT2D eigenvalue weighted by atomic mass is 9.68. The fourth-order valence-electron chi connectivity index (χ4n) is 3.75. The molecule has 1 aromatic carbocycles. The monoisotopic (exact) mass is 271 g/mol. The van der Waals surface area contributed by atoms with Gasteiger partial charge in [-0.25, -0.2) is 0 Å². The van der Waals surface area contributed by atoms with Crippen molar-refractivity contribution < 1.29 is 0 Å². The summed E-state index contributed by atoms with van der Waals surface area (Å²) in [7, 11) is 2.02. The fourth-order valence-corrected chi connectivity index (χ4v) is 3.75. The number of benzene rings is 1. The summed E-state index contributed by atoms with van der Waals surface area (Å²) in [6.07, 6.45) is 4.55. The van der Waals surface area contributed by atoms with Crippen LogP contribution in [0.2, 0.25) is 0 Å². The van der Waals surface area contributed by atoms with E-state index in [4.69, 9.17) is 10.8 Å². The van der Waals surface area contributed by atoms with Crippen LogP contribution in [0.3, 0.4) is 0 Å². The second-order valence-corrected chi connectivity index (χ2v) is 6.79. The average molecular weight is 271 g/mol. The Labute approximate surface area is 121 Å². The molecule has 2 aromatic rings. The molecule has 3 heteroatoms. The quantitative estimate of drug-likeness (QED) is 0.911. The number of fused-ring (bicyclic) bond motifs is 1. The van der Waals surface area contributed by atoms with E-state index in [9.17, 15) is 0 Å². The molecule has 2 N–H and O–H groups in total. The Morgan fingerprint density at radius 2 is 2.05 bits per heavy atom. The van der Waals surface area contributed by atoms with Crippen LogP contribution in [0.15, 0.2) is 24.3 Å². The maximum atomic E-state index is 6.78. The van der Waals surface area contributed by atoms with Crippen LogP contribution in [0.5, 0.6) is 0 Å². The first-order valence-corrected chi connectivity index (χ1v) is 7.69. The van der Waals surface area contributed by atoms with Gasteiger partial charge >= 0.3 is 0 Å². The van der Waals surface area contributed by atoms with Gasteiger partial charge in [0.15, 0.2) is 0 Å². The number of rotatable bonds is 2. The zero-order valence-corrected chi connectivity index (χ0v) is 12.8. The standard InChI is InChI=1S/C17H25N3/c1-12-8-9-13(2)17(18,10-12)11-15-14-6-4-5-7-16(14)20(3)19-15/h4-7,12-13H,8-11,18H2,1-3H3. The Bertz CT molecular complexity index is 616. The van der Waals surface area contributed by atoms with Gasteiger partial charge in [0.05, 0.1) is 11.2 Å². The maximum Gasteiger partial charge on any atom is 0.0721 e. The Morgan fingerprint density at radius 3 is 2.85 bits per heavy atom. The maximum absolute atomic E-state index is 6.78. The molecule has 1 saturated carbocycles. The minimum atomic E-state index is -0.102. The van der Waals surface area contributed by atoms with Crippen molar-refractivity contribution in [2.45, 2.75) is 45.1 Å². The van der Waals surface area contributed by atoms with Crippen LogP contribution in [0.1, 0.15) is 38.8 Å². The van der Waals surface area contributed by atoms with Crippen LogP contribution in [-0.4, -0.2) is 15.3 Å². The van der Waals surface area contributed by atoms with Gasteiger partial charge in [0.2, 0.25) is 0 Å². The molecule has 0 spiro atoms. The number of hydrogen-bond donors (Lipinski definition) is 1. The summed E-state index contributed by atoms with van der Waals surface area (Å²) < 4.78 is 1.98. The number of aryl methyl sites for hydroxylation is 1. The second kappa shape index (κ2) is 4.88. The molecule has 1 heterocycles. The molecule has 3 unspecified atom stereocenters. The molecule has 3 nitrogen and oxygen atoms in total. The van der Waals surface area contributed by atoms with Crippen LogP contribution in [0, 0.1) is 11.8 Å². The van der Waals surface area contributed by atoms with Crippen molar-refractivity contribution in [1.82, 2.24) is 9.78 Å². The van der Waals surface area contributed by atoms with E-state index in [-0.39, 0.29) is 5.54 Å². The Hall–Kier alpha value is -1.35. The SMILES string of the molecule is CC1CCC(C)C(N)(Cc2nn(C)c3ccccc23)C1. The van der Waals surface area contributed by atoms with Gasteiger partial charge in [-0.15, -0.1) is 0 Å². The first-order valence-electron chi connectivity index (χ1n) is 7.69. The van der Waals surface area contributed by atoms with Crippen LogP contribution in [0.4, 0.5) is 0 Å². The predicted octanol–water partition coefficient (Wildman–Crippen LogP) is 3.27. The molecule has 0 aliphatic heterocycles. The van der Waals surface area contributed by atoms with Crippen molar-refractivity contribution in [3.05, 3.63) is 30.0 Å². The van der Waals surface area contributed by atoms with Gasteiger partial charge in [-0.05, 0) is 30.7 Å². The summed E-state index contributed by atoms with van der Waals surface area (Å²) in [6.45, 7) is 4.63. The van der Waals surface area contributed by atoms with Crippen LogP contribution >= 0.6 is 0 Å². The first kappa shape index (κ1) is 13.6. The lowest BCUT2D eigenvalue weighted by molar-refractivity contribution is 0.160.